The second-order valence-corrected chi connectivity index (χ2v) is 6.98. The van der Waals surface area contributed by atoms with Crippen LogP contribution in [-0.4, -0.2) is 26.0 Å². The van der Waals surface area contributed by atoms with E-state index in [2.05, 4.69) is 37.3 Å². The number of hydrogen-bond acceptors (Lipinski definition) is 2. The summed E-state index contributed by atoms with van der Waals surface area (Å²) in [6.07, 6.45) is 15.5. The Balaban J connectivity index is 0. The SMILES string of the molecule is CC#N.CCCCCCCCCCCCc1ccccc1.CN(C)C. The lowest BCUT2D eigenvalue weighted by Gasteiger charge is -2.03. The number of rotatable bonds is 11. The number of nitriles is 1. The first-order chi connectivity index (χ1) is 12.1. The van der Waals surface area contributed by atoms with Gasteiger partial charge in [0.05, 0.1) is 6.07 Å². The molecule has 0 unspecified atom stereocenters. The van der Waals surface area contributed by atoms with E-state index in [4.69, 9.17) is 5.26 Å². The molecule has 0 aliphatic heterocycles. The van der Waals surface area contributed by atoms with E-state index < -0.39 is 0 Å². The van der Waals surface area contributed by atoms with Gasteiger partial charge in [0.1, 0.15) is 0 Å². The van der Waals surface area contributed by atoms with Gasteiger partial charge in [-0.3, -0.25) is 0 Å². The molecular weight excluding hydrogens is 304 g/mol. The van der Waals surface area contributed by atoms with Gasteiger partial charge in [0.25, 0.3) is 0 Å². The van der Waals surface area contributed by atoms with Crippen molar-refractivity contribution in [2.45, 2.75) is 84.5 Å². The minimum absolute atomic E-state index is 1.26. The van der Waals surface area contributed by atoms with Crippen LogP contribution in [0, 0.1) is 11.3 Å². The summed E-state index contributed by atoms with van der Waals surface area (Å²) in [4.78, 5) is 2.00. The Kier molecular flexibility index (Phi) is 23.5. The first-order valence-corrected chi connectivity index (χ1v) is 10.0. The smallest absolute Gasteiger partial charge is 0.0587 e. The molecule has 0 bridgehead atoms. The maximum absolute atomic E-state index is 7.32. The van der Waals surface area contributed by atoms with Crippen molar-refractivity contribution >= 4 is 0 Å². The molecule has 0 saturated heterocycles. The van der Waals surface area contributed by atoms with E-state index in [0.717, 1.165) is 0 Å². The highest BCUT2D eigenvalue weighted by atomic mass is 15.0. The van der Waals surface area contributed by atoms with Crippen molar-refractivity contribution in [1.29, 1.82) is 5.26 Å². The van der Waals surface area contributed by atoms with Crippen LogP contribution in [0.5, 0.6) is 0 Å². The van der Waals surface area contributed by atoms with E-state index in [1.165, 1.54) is 83.1 Å². The van der Waals surface area contributed by atoms with Crippen molar-refractivity contribution in [3.63, 3.8) is 0 Å². The van der Waals surface area contributed by atoms with E-state index in [0.29, 0.717) is 0 Å². The zero-order valence-corrected chi connectivity index (χ0v) is 17.6. The molecular formula is C23H42N2. The van der Waals surface area contributed by atoms with Crippen LogP contribution in [0.4, 0.5) is 0 Å². The molecule has 0 spiro atoms. The lowest BCUT2D eigenvalue weighted by atomic mass is 10.0. The molecule has 0 saturated carbocycles. The van der Waals surface area contributed by atoms with E-state index in [9.17, 15) is 0 Å². The monoisotopic (exact) mass is 346 g/mol. The summed E-state index contributed by atoms with van der Waals surface area (Å²) >= 11 is 0. The summed E-state index contributed by atoms with van der Waals surface area (Å²) in [5.41, 5.74) is 1.50. The Bertz CT molecular complexity index is 376. The molecule has 25 heavy (non-hydrogen) atoms. The Labute approximate surface area is 158 Å². The first kappa shape index (κ1) is 25.9. The van der Waals surface area contributed by atoms with Crippen molar-refractivity contribution in [2.75, 3.05) is 21.1 Å². The third-order valence-corrected chi connectivity index (χ3v) is 3.66. The zero-order chi connectivity index (χ0) is 19.2. The largest absolute Gasteiger partial charge is 0.312 e. The molecule has 2 heteroatoms. The summed E-state index contributed by atoms with van der Waals surface area (Å²) in [5.74, 6) is 0. The van der Waals surface area contributed by atoms with Crippen LogP contribution in [-0.2, 0) is 6.42 Å². The fourth-order valence-corrected chi connectivity index (χ4v) is 2.46. The van der Waals surface area contributed by atoms with Crippen LogP contribution in [0.1, 0.15) is 83.6 Å². The normalized spacial score (nSPS) is 9.48. The van der Waals surface area contributed by atoms with Crippen LogP contribution >= 0.6 is 0 Å². The quantitative estimate of drug-likeness (QED) is 0.409. The average molecular weight is 347 g/mol. The minimum atomic E-state index is 1.26. The Morgan fingerprint density at radius 1 is 0.760 bits per heavy atom. The zero-order valence-electron chi connectivity index (χ0n) is 17.6. The second-order valence-electron chi connectivity index (χ2n) is 6.98. The lowest BCUT2D eigenvalue weighted by molar-refractivity contribution is 0.505. The fourth-order valence-electron chi connectivity index (χ4n) is 2.46. The summed E-state index contributed by atoms with van der Waals surface area (Å²) in [6.45, 7) is 3.72. The highest BCUT2D eigenvalue weighted by molar-refractivity contribution is 5.14. The molecule has 1 aromatic carbocycles. The van der Waals surface area contributed by atoms with Gasteiger partial charge in [0.2, 0.25) is 0 Å². The van der Waals surface area contributed by atoms with Crippen molar-refractivity contribution < 1.29 is 0 Å². The Hall–Kier alpha value is -1.33. The molecule has 144 valence electrons. The Morgan fingerprint density at radius 3 is 1.52 bits per heavy atom. The molecule has 1 rings (SSSR count). The van der Waals surface area contributed by atoms with Crippen LogP contribution in [0.3, 0.4) is 0 Å². The van der Waals surface area contributed by atoms with Crippen molar-refractivity contribution in [2.24, 2.45) is 0 Å². The van der Waals surface area contributed by atoms with E-state index in [-0.39, 0.29) is 0 Å². The van der Waals surface area contributed by atoms with Gasteiger partial charge < -0.3 is 4.90 Å². The highest BCUT2D eigenvalue weighted by Gasteiger charge is 1.94. The molecule has 0 radical (unpaired) electrons. The first-order valence-electron chi connectivity index (χ1n) is 10.0. The van der Waals surface area contributed by atoms with Gasteiger partial charge in [-0.1, -0.05) is 95.0 Å². The molecule has 0 N–H and O–H groups in total. The van der Waals surface area contributed by atoms with E-state index >= 15 is 0 Å². The van der Waals surface area contributed by atoms with Gasteiger partial charge >= 0.3 is 0 Å². The summed E-state index contributed by atoms with van der Waals surface area (Å²) < 4.78 is 0. The highest BCUT2D eigenvalue weighted by Crippen LogP contribution is 2.12. The number of hydrogen-bond donors (Lipinski definition) is 0. The maximum Gasteiger partial charge on any atom is 0.0587 e. The van der Waals surface area contributed by atoms with E-state index in [1.54, 1.807) is 6.07 Å². The average Bonchev–Trinajstić information content (AvgIpc) is 2.58. The number of nitrogens with zero attached hydrogens (tertiary/aromatic N) is 2. The fraction of sp³-hybridized carbons (Fsp3) is 0.696. The number of unbranched alkanes of at least 4 members (excludes halogenated alkanes) is 9. The third kappa shape index (κ3) is 27.8. The molecule has 0 aromatic heterocycles. The lowest BCUT2D eigenvalue weighted by Crippen LogP contribution is -1.99. The van der Waals surface area contributed by atoms with Crippen molar-refractivity contribution in [3.05, 3.63) is 35.9 Å². The van der Waals surface area contributed by atoms with E-state index in [1.807, 2.05) is 26.0 Å². The van der Waals surface area contributed by atoms with Gasteiger partial charge in [0, 0.05) is 6.92 Å². The van der Waals surface area contributed by atoms with Crippen molar-refractivity contribution in [1.82, 2.24) is 4.90 Å². The van der Waals surface area contributed by atoms with Crippen LogP contribution in [0.25, 0.3) is 0 Å². The van der Waals surface area contributed by atoms with Gasteiger partial charge in [0.15, 0.2) is 0 Å². The molecule has 0 aliphatic rings. The summed E-state index contributed by atoms with van der Waals surface area (Å²) in [7, 11) is 6.00. The standard InChI is InChI=1S/C18H30.C3H9N.C2H3N/c1-2-3-4-5-6-7-8-9-10-12-15-18-16-13-11-14-17-18;1-4(2)3;1-2-3/h11,13-14,16-17H,2-10,12,15H2,1H3;1-3H3;1H3. The molecule has 0 fully saturated rings. The number of aryl methyl sites for hydroxylation is 1. The topological polar surface area (TPSA) is 27.0 Å². The van der Waals surface area contributed by atoms with Gasteiger partial charge in [-0.2, -0.15) is 5.26 Å². The predicted molar refractivity (Wildman–Crippen MR) is 113 cm³/mol. The molecule has 1 aromatic rings. The summed E-state index contributed by atoms with van der Waals surface area (Å²) in [5, 5.41) is 7.32. The van der Waals surface area contributed by atoms with Crippen LogP contribution in [0.2, 0.25) is 0 Å². The van der Waals surface area contributed by atoms with Crippen molar-refractivity contribution in [3.8, 4) is 6.07 Å². The third-order valence-electron chi connectivity index (χ3n) is 3.66. The van der Waals surface area contributed by atoms with Gasteiger partial charge in [-0.15, -0.1) is 0 Å². The summed E-state index contributed by atoms with van der Waals surface area (Å²) in [6, 6.07) is 12.6. The van der Waals surface area contributed by atoms with Crippen LogP contribution < -0.4 is 0 Å². The molecule has 0 heterocycles. The van der Waals surface area contributed by atoms with Gasteiger partial charge in [-0.25, -0.2) is 0 Å². The van der Waals surface area contributed by atoms with Crippen LogP contribution in [0.15, 0.2) is 30.3 Å². The molecule has 0 aliphatic carbocycles. The second kappa shape index (κ2) is 22.7. The minimum Gasteiger partial charge on any atom is -0.312 e. The maximum atomic E-state index is 7.32. The molecule has 0 amide bonds. The molecule has 2 nitrogen and oxygen atoms in total. The molecule has 0 atom stereocenters. The predicted octanol–water partition coefficient (Wildman–Crippen LogP) is 6.86. The number of benzene rings is 1. The Morgan fingerprint density at radius 2 is 1.12 bits per heavy atom. The van der Waals surface area contributed by atoms with Gasteiger partial charge in [-0.05, 0) is 39.5 Å².